The number of hydrogen-bond donors (Lipinski definition) is 2. The molecule has 7 nitrogen and oxygen atoms in total. The molecule has 3 N–H and O–H groups in total. The van der Waals surface area contributed by atoms with Crippen molar-refractivity contribution in [3.63, 3.8) is 0 Å². The van der Waals surface area contributed by atoms with Crippen LogP contribution in [0.1, 0.15) is 20.8 Å². The Kier molecular flexibility index (Phi) is 5.44. The molecule has 0 fully saturated rings. The average Bonchev–Trinajstić information content (AvgIpc) is 2.76. The van der Waals surface area contributed by atoms with E-state index < -0.39 is 11.7 Å². The molecular formula is C16H24N4O3. The Bertz CT molecular complexity index is 661. The van der Waals surface area contributed by atoms with E-state index in [0.717, 1.165) is 11.0 Å². The zero-order chi connectivity index (χ0) is 16.9. The minimum absolute atomic E-state index is 0.398. The van der Waals surface area contributed by atoms with Crippen molar-refractivity contribution < 1.29 is 14.3 Å². The number of benzene rings is 1. The molecule has 23 heavy (non-hydrogen) atoms. The number of ether oxygens (including phenoxy) is 2. The summed E-state index contributed by atoms with van der Waals surface area (Å²) >= 11 is 0. The third kappa shape index (κ3) is 5.14. The fraction of sp³-hybridized carbons (Fsp3) is 0.500. The summed E-state index contributed by atoms with van der Waals surface area (Å²) in [6.45, 7) is 7.37. The number of nitrogens with two attached hydrogens (primary N) is 1. The maximum atomic E-state index is 11.5. The number of aromatic nitrogens is 2. The van der Waals surface area contributed by atoms with Gasteiger partial charge in [-0.1, -0.05) is 12.1 Å². The molecule has 1 heterocycles. The number of amides is 1. The van der Waals surface area contributed by atoms with Crippen molar-refractivity contribution in [3.05, 3.63) is 24.3 Å². The molecule has 126 valence electrons. The normalized spacial score (nSPS) is 11.6. The first kappa shape index (κ1) is 17.1. The summed E-state index contributed by atoms with van der Waals surface area (Å²) in [7, 11) is 0. The number of anilines is 1. The summed E-state index contributed by atoms with van der Waals surface area (Å²) in [5.41, 5.74) is 7.28. The van der Waals surface area contributed by atoms with Crippen LogP contribution in [0.25, 0.3) is 11.0 Å². The van der Waals surface area contributed by atoms with E-state index in [1.807, 2.05) is 49.6 Å². The standard InChI is InChI=1S/C16H24N4O3/c1-16(2,3)23-15(21)18-8-10-22-11-9-20-13-7-5-4-6-12(13)19-14(20)17/h4-7H,8-11H2,1-3H3,(H2,17,19)(H,18,21). The van der Waals surface area contributed by atoms with Gasteiger partial charge in [-0.15, -0.1) is 0 Å². The number of nitrogen functional groups attached to an aromatic ring is 1. The van der Waals surface area contributed by atoms with E-state index in [9.17, 15) is 4.79 Å². The van der Waals surface area contributed by atoms with E-state index in [0.29, 0.717) is 32.3 Å². The summed E-state index contributed by atoms with van der Waals surface area (Å²) < 4.78 is 12.6. The van der Waals surface area contributed by atoms with E-state index in [2.05, 4.69) is 10.3 Å². The highest BCUT2D eigenvalue weighted by Crippen LogP contribution is 2.16. The maximum absolute atomic E-state index is 11.5. The second kappa shape index (κ2) is 7.32. The van der Waals surface area contributed by atoms with Crippen LogP contribution >= 0.6 is 0 Å². The lowest BCUT2D eigenvalue weighted by molar-refractivity contribution is 0.0497. The maximum Gasteiger partial charge on any atom is 0.407 e. The number of para-hydroxylation sites is 2. The fourth-order valence-corrected chi connectivity index (χ4v) is 2.13. The largest absolute Gasteiger partial charge is 0.444 e. The monoisotopic (exact) mass is 320 g/mol. The van der Waals surface area contributed by atoms with E-state index in [-0.39, 0.29) is 0 Å². The predicted octanol–water partition coefficient (Wildman–Crippen LogP) is 2.16. The minimum Gasteiger partial charge on any atom is -0.444 e. The van der Waals surface area contributed by atoms with Crippen molar-refractivity contribution in [2.24, 2.45) is 0 Å². The Morgan fingerprint density at radius 2 is 2.04 bits per heavy atom. The molecule has 0 unspecified atom stereocenters. The molecule has 2 rings (SSSR count). The number of nitrogens with zero attached hydrogens (tertiary/aromatic N) is 2. The molecule has 2 aromatic rings. The van der Waals surface area contributed by atoms with Crippen LogP contribution in [0, 0.1) is 0 Å². The molecule has 0 atom stereocenters. The summed E-state index contributed by atoms with van der Waals surface area (Å²) in [5.74, 6) is 0.474. The van der Waals surface area contributed by atoms with Crippen LogP contribution in [0.2, 0.25) is 0 Å². The summed E-state index contributed by atoms with van der Waals surface area (Å²) in [6.07, 6.45) is -0.439. The van der Waals surface area contributed by atoms with Crippen LogP contribution in [-0.4, -0.2) is 41.0 Å². The van der Waals surface area contributed by atoms with Gasteiger partial charge in [-0.05, 0) is 32.9 Å². The predicted molar refractivity (Wildman–Crippen MR) is 89.2 cm³/mol. The summed E-state index contributed by atoms with van der Waals surface area (Å²) in [5, 5.41) is 2.64. The molecule has 0 spiro atoms. The third-order valence-electron chi connectivity index (χ3n) is 3.06. The van der Waals surface area contributed by atoms with Gasteiger partial charge >= 0.3 is 6.09 Å². The van der Waals surface area contributed by atoms with Gasteiger partial charge in [0.25, 0.3) is 0 Å². The van der Waals surface area contributed by atoms with Crippen LogP contribution < -0.4 is 11.1 Å². The Labute approximate surface area is 135 Å². The number of carbonyl (C=O) groups excluding carboxylic acids is 1. The van der Waals surface area contributed by atoms with Crippen LogP contribution in [0.5, 0.6) is 0 Å². The van der Waals surface area contributed by atoms with Gasteiger partial charge in [0.1, 0.15) is 5.60 Å². The number of alkyl carbamates (subject to hydrolysis) is 1. The highest BCUT2D eigenvalue weighted by atomic mass is 16.6. The van der Waals surface area contributed by atoms with E-state index >= 15 is 0 Å². The second-order valence-corrected chi connectivity index (χ2v) is 6.15. The molecule has 7 heteroatoms. The fourth-order valence-electron chi connectivity index (χ4n) is 2.13. The summed E-state index contributed by atoms with van der Waals surface area (Å²) in [4.78, 5) is 15.7. The quantitative estimate of drug-likeness (QED) is 0.796. The Hall–Kier alpha value is -2.28. The number of hydrogen-bond acceptors (Lipinski definition) is 5. The van der Waals surface area contributed by atoms with Crippen molar-refractivity contribution in [2.75, 3.05) is 25.5 Å². The van der Waals surface area contributed by atoms with E-state index in [1.165, 1.54) is 0 Å². The van der Waals surface area contributed by atoms with Crippen molar-refractivity contribution in [2.45, 2.75) is 32.9 Å². The van der Waals surface area contributed by atoms with Crippen molar-refractivity contribution in [3.8, 4) is 0 Å². The van der Waals surface area contributed by atoms with Crippen LogP contribution in [0.15, 0.2) is 24.3 Å². The second-order valence-electron chi connectivity index (χ2n) is 6.15. The van der Waals surface area contributed by atoms with Gasteiger partial charge in [-0.25, -0.2) is 9.78 Å². The Morgan fingerprint density at radius 3 is 2.78 bits per heavy atom. The Balaban J connectivity index is 1.69. The van der Waals surface area contributed by atoms with Gasteiger partial charge in [-0.3, -0.25) is 0 Å². The zero-order valence-corrected chi connectivity index (χ0v) is 13.8. The number of imidazole rings is 1. The Morgan fingerprint density at radius 1 is 1.30 bits per heavy atom. The lowest BCUT2D eigenvalue weighted by Crippen LogP contribution is -2.34. The number of nitrogens with one attached hydrogen (secondary N) is 1. The third-order valence-corrected chi connectivity index (χ3v) is 3.06. The lowest BCUT2D eigenvalue weighted by atomic mass is 10.2. The minimum atomic E-state index is -0.495. The molecule has 0 aliphatic heterocycles. The molecule has 0 aliphatic rings. The van der Waals surface area contributed by atoms with E-state index in [4.69, 9.17) is 15.2 Å². The molecule has 1 aromatic carbocycles. The van der Waals surface area contributed by atoms with Gasteiger partial charge in [0, 0.05) is 13.1 Å². The zero-order valence-electron chi connectivity index (χ0n) is 13.8. The molecule has 1 amide bonds. The SMILES string of the molecule is CC(C)(C)OC(=O)NCCOCCn1c(N)nc2ccccc21. The van der Waals surface area contributed by atoms with Gasteiger partial charge < -0.3 is 25.1 Å². The first-order valence-corrected chi connectivity index (χ1v) is 7.62. The van der Waals surface area contributed by atoms with Crippen LogP contribution in [-0.2, 0) is 16.0 Å². The molecule has 1 aromatic heterocycles. The van der Waals surface area contributed by atoms with Gasteiger partial charge in [0.05, 0.1) is 24.2 Å². The van der Waals surface area contributed by atoms with Crippen LogP contribution in [0.4, 0.5) is 10.7 Å². The number of rotatable bonds is 6. The van der Waals surface area contributed by atoms with Crippen molar-refractivity contribution >= 4 is 23.1 Å². The summed E-state index contributed by atoms with van der Waals surface area (Å²) in [6, 6.07) is 7.78. The van der Waals surface area contributed by atoms with Crippen molar-refractivity contribution in [1.29, 1.82) is 0 Å². The highest BCUT2D eigenvalue weighted by molar-refractivity contribution is 5.78. The van der Waals surface area contributed by atoms with Crippen molar-refractivity contribution in [1.82, 2.24) is 14.9 Å². The molecule has 0 bridgehead atoms. The first-order chi connectivity index (χ1) is 10.9. The van der Waals surface area contributed by atoms with Gasteiger partial charge in [0.15, 0.2) is 0 Å². The smallest absolute Gasteiger partial charge is 0.407 e. The van der Waals surface area contributed by atoms with Gasteiger partial charge in [0.2, 0.25) is 5.95 Å². The molecule has 0 saturated carbocycles. The highest BCUT2D eigenvalue weighted by Gasteiger charge is 2.15. The first-order valence-electron chi connectivity index (χ1n) is 7.62. The lowest BCUT2D eigenvalue weighted by Gasteiger charge is -2.19. The molecule has 0 radical (unpaired) electrons. The topological polar surface area (TPSA) is 91.4 Å². The molecule has 0 saturated heterocycles. The average molecular weight is 320 g/mol. The molecular weight excluding hydrogens is 296 g/mol. The van der Waals surface area contributed by atoms with Crippen LogP contribution in [0.3, 0.4) is 0 Å². The molecule has 0 aliphatic carbocycles. The van der Waals surface area contributed by atoms with E-state index in [1.54, 1.807) is 0 Å². The number of fused-ring (bicyclic) bond motifs is 1. The number of carbonyl (C=O) groups is 1. The van der Waals surface area contributed by atoms with Gasteiger partial charge in [-0.2, -0.15) is 0 Å².